The van der Waals surface area contributed by atoms with Crippen LogP contribution >= 0.6 is 0 Å². The van der Waals surface area contributed by atoms with Crippen LogP contribution in [0.1, 0.15) is 25.5 Å². The van der Waals surface area contributed by atoms with Crippen molar-refractivity contribution in [1.29, 1.82) is 0 Å². The molecule has 1 aromatic rings. The van der Waals surface area contributed by atoms with E-state index in [1.165, 1.54) is 0 Å². The van der Waals surface area contributed by atoms with Gasteiger partial charge in [0.25, 0.3) is 0 Å². The number of aliphatic carboxylic acids is 1. The van der Waals surface area contributed by atoms with Crippen LogP contribution in [-0.4, -0.2) is 32.3 Å². The highest BCUT2D eigenvalue weighted by Crippen LogP contribution is 2.39. The molecule has 1 aromatic carbocycles. The number of hydrogen-bond donors (Lipinski definition) is 2. The van der Waals surface area contributed by atoms with Gasteiger partial charge in [0.1, 0.15) is 11.5 Å². The predicted molar refractivity (Wildman–Crippen MR) is 72.8 cm³/mol. The molecule has 0 saturated carbocycles. The standard InChI is InChI=1S/C14H21NO4/c1-14(2,13(16)17)12(15-3)10-8-9(18-4)6-7-11(10)19-5/h6-8,12,15H,1-5H3,(H,16,17). The first-order valence-electron chi connectivity index (χ1n) is 6.01. The van der Waals surface area contributed by atoms with E-state index in [1.807, 2.05) is 0 Å². The van der Waals surface area contributed by atoms with E-state index in [2.05, 4.69) is 5.32 Å². The number of nitrogens with one attached hydrogen (secondary N) is 1. The molecule has 0 spiro atoms. The molecule has 0 aliphatic rings. The van der Waals surface area contributed by atoms with Crippen molar-refractivity contribution in [3.8, 4) is 11.5 Å². The Labute approximate surface area is 113 Å². The van der Waals surface area contributed by atoms with Crippen LogP contribution in [0.15, 0.2) is 18.2 Å². The van der Waals surface area contributed by atoms with Crippen LogP contribution in [0.2, 0.25) is 0 Å². The number of ether oxygens (including phenoxy) is 2. The Morgan fingerprint density at radius 3 is 2.37 bits per heavy atom. The summed E-state index contributed by atoms with van der Waals surface area (Å²) in [5.74, 6) is 0.420. The van der Waals surface area contributed by atoms with Crippen molar-refractivity contribution in [2.75, 3.05) is 21.3 Å². The Balaban J connectivity index is 3.34. The molecule has 0 fully saturated rings. The second kappa shape index (κ2) is 5.93. The number of carbonyl (C=O) groups is 1. The fourth-order valence-electron chi connectivity index (χ4n) is 2.09. The number of hydrogen-bond acceptors (Lipinski definition) is 4. The van der Waals surface area contributed by atoms with Crippen molar-refractivity contribution in [3.63, 3.8) is 0 Å². The molecule has 106 valence electrons. The van der Waals surface area contributed by atoms with Crippen LogP contribution in [0.25, 0.3) is 0 Å². The Morgan fingerprint density at radius 1 is 1.32 bits per heavy atom. The van der Waals surface area contributed by atoms with Crippen LogP contribution in [-0.2, 0) is 4.79 Å². The lowest BCUT2D eigenvalue weighted by molar-refractivity contribution is -0.148. The van der Waals surface area contributed by atoms with Crippen molar-refractivity contribution in [2.45, 2.75) is 19.9 Å². The molecule has 19 heavy (non-hydrogen) atoms. The van der Waals surface area contributed by atoms with Gasteiger partial charge in [-0.05, 0) is 39.1 Å². The van der Waals surface area contributed by atoms with Gasteiger partial charge in [-0.2, -0.15) is 0 Å². The van der Waals surface area contributed by atoms with E-state index in [0.29, 0.717) is 11.5 Å². The van der Waals surface area contributed by atoms with Crippen molar-refractivity contribution in [3.05, 3.63) is 23.8 Å². The zero-order valence-electron chi connectivity index (χ0n) is 12.0. The number of rotatable bonds is 6. The minimum atomic E-state index is -0.978. The Kier molecular flexibility index (Phi) is 4.78. The summed E-state index contributed by atoms with van der Waals surface area (Å²) in [6.07, 6.45) is 0. The summed E-state index contributed by atoms with van der Waals surface area (Å²) in [6, 6.07) is 4.96. The van der Waals surface area contributed by atoms with E-state index in [0.717, 1.165) is 5.56 Å². The van der Waals surface area contributed by atoms with Crippen LogP contribution < -0.4 is 14.8 Å². The highest BCUT2D eigenvalue weighted by atomic mass is 16.5. The molecular formula is C14H21NO4. The summed E-state index contributed by atoms with van der Waals surface area (Å²) in [5.41, 5.74) is -0.217. The summed E-state index contributed by atoms with van der Waals surface area (Å²) in [4.78, 5) is 11.4. The smallest absolute Gasteiger partial charge is 0.311 e. The molecule has 1 unspecified atom stereocenters. The van der Waals surface area contributed by atoms with Gasteiger partial charge >= 0.3 is 5.97 Å². The molecule has 0 aromatic heterocycles. The average molecular weight is 267 g/mol. The molecule has 1 rings (SSSR count). The molecule has 0 saturated heterocycles. The van der Waals surface area contributed by atoms with Gasteiger partial charge in [-0.3, -0.25) is 4.79 Å². The van der Waals surface area contributed by atoms with Gasteiger partial charge < -0.3 is 19.9 Å². The van der Waals surface area contributed by atoms with E-state index >= 15 is 0 Å². The second-order valence-corrected chi connectivity index (χ2v) is 4.86. The fraction of sp³-hybridized carbons (Fsp3) is 0.500. The van der Waals surface area contributed by atoms with E-state index < -0.39 is 17.4 Å². The largest absolute Gasteiger partial charge is 0.497 e. The second-order valence-electron chi connectivity index (χ2n) is 4.86. The molecule has 0 aliphatic carbocycles. The van der Waals surface area contributed by atoms with Gasteiger partial charge in [-0.25, -0.2) is 0 Å². The van der Waals surface area contributed by atoms with Gasteiger partial charge in [0, 0.05) is 5.56 Å². The Morgan fingerprint density at radius 2 is 1.95 bits per heavy atom. The fourth-order valence-corrected chi connectivity index (χ4v) is 2.09. The lowest BCUT2D eigenvalue weighted by atomic mass is 9.80. The lowest BCUT2D eigenvalue weighted by Gasteiger charge is -2.31. The SMILES string of the molecule is CNC(c1cc(OC)ccc1OC)C(C)(C)C(=O)O. The molecule has 1 atom stereocenters. The maximum absolute atomic E-state index is 11.4. The first-order valence-corrected chi connectivity index (χ1v) is 6.01. The third-order valence-corrected chi connectivity index (χ3v) is 3.31. The first-order chi connectivity index (χ1) is 8.88. The topological polar surface area (TPSA) is 67.8 Å². The first kappa shape index (κ1) is 15.3. The molecule has 0 amide bonds. The number of carboxylic acids is 1. The van der Waals surface area contributed by atoms with Crippen molar-refractivity contribution in [2.24, 2.45) is 5.41 Å². The maximum Gasteiger partial charge on any atom is 0.311 e. The Hall–Kier alpha value is -1.75. The van der Waals surface area contributed by atoms with E-state index in [9.17, 15) is 9.90 Å². The summed E-state index contributed by atoms with van der Waals surface area (Å²) >= 11 is 0. The van der Waals surface area contributed by atoms with Gasteiger partial charge in [0.2, 0.25) is 0 Å². The van der Waals surface area contributed by atoms with Crippen molar-refractivity contribution < 1.29 is 19.4 Å². The zero-order chi connectivity index (χ0) is 14.6. The maximum atomic E-state index is 11.4. The molecule has 5 heteroatoms. The predicted octanol–water partition coefficient (Wildman–Crippen LogP) is 2.08. The Bertz CT molecular complexity index is 457. The molecule has 0 aliphatic heterocycles. The van der Waals surface area contributed by atoms with Crippen LogP contribution in [0.3, 0.4) is 0 Å². The highest BCUT2D eigenvalue weighted by Gasteiger charge is 2.38. The quantitative estimate of drug-likeness (QED) is 0.826. The molecule has 0 heterocycles. The third kappa shape index (κ3) is 2.98. The molecule has 2 N–H and O–H groups in total. The van der Waals surface area contributed by atoms with E-state index in [4.69, 9.17) is 9.47 Å². The molecular weight excluding hydrogens is 246 g/mol. The summed E-state index contributed by atoms with van der Waals surface area (Å²) < 4.78 is 10.5. The van der Waals surface area contributed by atoms with Crippen molar-refractivity contribution >= 4 is 5.97 Å². The zero-order valence-corrected chi connectivity index (χ0v) is 12.0. The normalized spacial score (nSPS) is 12.9. The van der Waals surface area contributed by atoms with Crippen LogP contribution in [0, 0.1) is 5.41 Å². The summed E-state index contributed by atoms with van der Waals surface area (Å²) in [7, 11) is 4.86. The monoisotopic (exact) mass is 267 g/mol. The van der Waals surface area contributed by atoms with Crippen molar-refractivity contribution in [1.82, 2.24) is 5.32 Å². The van der Waals surface area contributed by atoms with Gasteiger partial charge in [-0.1, -0.05) is 0 Å². The molecule has 5 nitrogen and oxygen atoms in total. The number of benzene rings is 1. The minimum absolute atomic E-state index is 0.393. The van der Waals surface area contributed by atoms with Gasteiger partial charge in [-0.15, -0.1) is 0 Å². The van der Waals surface area contributed by atoms with Crippen LogP contribution in [0.5, 0.6) is 11.5 Å². The third-order valence-electron chi connectivity index (χ3n) is 3.31. The molecule has 0 bridgehead atoms. The minimum Gasteiger partial charge on any atom is -0.497 e. The average Bonchev–Trinajstić information content (AvgIpc) is 2.38. The lowest BCUT2D eigenvalue weighted by Crippen LogP contribution is -2.38. The highest BCUT2D eigenvalue weighted by molar-refractivity contribution is 5.75. The summed E-state index contributed by atoms with van der Waals surface area (Å²) in [5, 5.41) is 12.4. The van der Waals surface area contributed by atoms with E-state index in [1.54, 1.807) is 53.3 Å². The van der Waals surface area contributed by atoms with E-state index in [-0.39, 0.29) is 0 Å². The van der Waals surface area contributed by atoms with Gasteiger partial charge in [0.05, 0.1) is 25.7 Å². The number of carboxylic acid groups (broad SMARTS) is 1. The van der Waals surface area contributed by atoms with Crippen LogP contribution in [0.4, 0.5) is 0 Å². The molecule has 0 radical (unpaired) electrons. The van der Waals surface area contributed by atoms with Gasteiger partial charge in [0.15, 0.2) is 0 Å². The number of methoxy groups -OCH3 is 2. The summed E-state index contributed by atoms with van der Waals surface area (Å²) in [6.45, 7) is 3.35.